The second kappa shape index (κ2) is 9.54. The van der Waals surface area contributed by atoms with E-state index in [4.69, 9.17) is 18.7 Å². The molecule has 0 radical (unpaired) electrons. The van der Waals surface area contributed by atoms with Gasteiger partial charge in [-0.05, 0) is 19.1 Å². The van der Waals surface area contributed by atoms with Gasteiger partial charge in [0.15, 0.2) is 18.1 Å². The van der Waals surface area contributed by atoms with Crippen LogP contribution in [0.25, 0.3) is 11.4 Å². The molecule has 0 aliphatic carbocycles. The van der Waals surface area contributed by atoms with E-state index in [0.29, 0.717) is 0 Å². The zero-order chi connectivity index (χ0) is 24.2. The van der Waals surface area contributed by atoms with Crippen molar-refractivity contribution < 1.29 is 41.6 Å². The fraction of sp³-hybridized carbons (Fsp3) is 0.250. The molecule has 33 heavy (non-hydrogen) atoms. The molecule has 0 N–H and O–H groups in total. The monoisotopic (exact) mass is 467 g/mol. The van der Waals surface area contributed by atoms with E-state index in [2.05, 4.69) is 10.1 Å². The molecule has 0 aliphatic rings. The third-order valence-corrected chi connectivity index (χ3v) is 4.26. The number of nitrogens with zero attached hydrogens (tertiary/aromatic N) is 3. The zero-order valence-corrected chi connectivity index (χ0v) is 17.2. The average Bonchev–Trinajstić information content (AvgIpc) is 3.26. The maximum Gasteiger partial charge on any atom is 0.416 e. The highest BCUT2D eigenvalue weighted by Crippen LogP contribution is 2.35. The van der Waals surface area contributed by atoms with Crippen molar-refractivity contribution in [3.63, 3.8) is 0 Å². The summed E-state index contributed by atoms with van der Waals surface area (Å²) in [7, 11) is 1.30. The Morgan fingerprint density at radius 3 is 2.45 bits per heavy atom. The summed E-state index contributed by atoms with van der Waals surface area (Å²) < 4.78 is 58.4. The zero-order valence-electron chi connectivity index (χ0n) is 17.2. The van der Waals surface area contributed by atoms with Gasteiger partial charge in [0.25, 0.3) is 11.6 Å². The van der Waals surface area contributed by atoms with Crippen LogP contribution >= 0.6 is 0 Å². The minimum absolute atomic E-state index is 0.0242. The Morgan fingerprint density at radius 1 is 1.18 bits per heavy atom. The summed E-state index contributed by atoms with van der Waals surface area (Å²) in [5, 5.41) is 15.0. The van der Waals surface area contributed by atoms with Gasteiger partial charge >= 0.3 is 12.1 Å². The minimum Gasteiger partial charge on any atom is -0.493 e. The number of nitro benzene ring substituents is 1. The molecule has 174 valence electrons. The van der Waals surface area contributed by atoms with Gasteiger partial charge in [-0.15, -0.1) is 0 Å². The van der Waals surface area contributed by atoms with Crippen molar-refractivity contribution >= 4 is 11.7 Å². The second-order valence-electron chi connectivity index (χ2n) is 6.37. The number of aromatic nitrogens is 2. The van der Waals surface area contributed by atoms with E-state index in [0.717, 1.165) is 24.3 Å². The molecule has 0 atom stereocenters. The number of hydrogen-bond acceptors (Lipinski definition) is 9. The molecule has 2 aromatic carbocycles. The van der Waals surface area contributed by atoms with Crippen LogP contribution < -0.4 is 9.47 Å². The van der Waals surface area contributed by atoms with Crippen LogP contribution in [0.5, 0.6) is 11.5 Å². The molecule has 1 aromatic heterocycles. The van der Waals surface area contributed by atoms with Gasteiger partial charge in [0, 0.05) is 11.6 Å². The fourth-order valence-electron chi connectivity index (χ4n) is 2.74. The predicted octanol–water partition coefficient (Wildman–Crippen LogP) is 4.43. The highest BCUT2D eigenvalue weighted by Gasteiger charge is 2.30. The Balaban J connectivity index is 1.76. The van der Waals surface area contributed by atoms with Crippen molar-refractivity contribution in [2.45, 2.75) is 19.7 Å². The lowest BCUT2D eigenvalue weighted by Gasteiger charge is -2.11. The van der Waals surface area contributed by atoms with Crippen LogP contribution in [0.1, 0.15) is 28.7 Å². The molecule has 0 amide bonds. The van der Waals surface area contributed by atoms with Crippen LogP contribution in [0.2, 0.25) is 0 Å². The Kier molecular flexibility index (Phi) is 6.80. The first-order chi connectivity index (χ1) is 15.6. The minimum atomic E-state index is -4.48. The molecule has 0 saturated heterocycles. The maximum absolute atomic E-state index is 12.7. The molecule has 0 spiro atoms. The van der Waals surface area contributed by atoms with Crippen LogP contribution in [0.15, 0.2) is 40.9 Å². The standard InChI is InChI=1S/C20H16F3N3O7/c1-3-31-16-8-13(14(26(28)29)9-15(16)30-2)19(27)32-10-17-24-18(25-33-17)11-4-6-12(7-5-11)20(21,22)23/h4-9H,3,10H2,1-2H3. The van der Waals surface area contributed by atoms with Gasteiger partial charge < -0.3 is 18.7 Å². The molecular weight excluding hydrogens is 451 g/mol. The summed E-state index contributed by atoms with van der Waals surface area (Å²) in [4.78, 5) is 27.0. The third kappa shape index (κ3) is 5.37. The number of carbonyl (C=O) groups is 1. The van der Waals surface area contributed by atoms with Gasteiger partial charge in [-0.25, -0.2) is 4.79 Å². The number of carbonyl (C=O) groups excluding carboxylic acids is 1. The molecular formula is C20H16F3N3O7. The largest absolute Gasteiger partial charge is 0.493 e. The Bertz CT molecular complexity index is 1160. The summed E-state index contributed by atoms with van der Waals surface area (Å²) in [5.74, 6) is -1.07. The van der Waals surface area contributed by atoms with Crippen molar-refractivity contribution in [2.24, 2.45) is 0 Å². The fourth-order valence-corrected chi connectivity index (χ4v) is 2.74. The molecule has 0 saturated carbocycles. The molecule has 3 rings (SSSR count). The number of nitro groups is 1. The van der Waals surface area contributed by atoms with Crippen molar-refractivity contribution in [1.29, 1.82) is 0 Å². The number of rotatable bonds is 8. The lowest BCUT2D eigenvalue weighted by Crippen LogP contribution is -2.10. The highest BCUT2D eigenvalue weighted by atomic mass is 19.4. The van der Waals surface area contributed by atoms with Gasteiger partial charge in [0.1, 0.15) is 5.56 Å². The average molecular weight is 467 g/mol. The predicted molar refractivity (Wildman–Crippen MR) is 105 cm³/mol. The highest BCUT2D eigenvalue weighted by molar-refractivity contribution is 5.95. The van der Waals surface area contributed by atoms with E-state index in [1.165, 1.54) is 19.2 Å². The van der Waals surface area contributed by atoms with Gasteiger partial charge in [0.2, 0.25) is 5.82 Å². The van der Waals surface area contributed by atoms with Crippen molar-refractivity contribution in [3.8, 4) is 22.9 Å². The SMILES string of the molecule is CCOc1cc(C(=O)OCc2nc(-c3ccc(C(F)(F)F)cc3)no2)c([N+](=O)[O-])cc1OC. The lowest BCUT2D eigenvalue weighted by atomic mass is 10.1. The Hall–Kier alpha value is -4.16. The quantitative estimate of drug-likeness (QED) is 0.269. The lowest BCUT2D eigenvalue weighted by molar-refractivity contribution is -0.385. The van der Waals surface area contributed by atoms with E-state index >= 15 is 0 Å². The molecule has 0 bridgehead atoms. The van der Waals surface area contributed by atoms with Crippen molar-refractivity contribution in [2.75, 3.05) is 13.7 Å². The number of ether oxygens (including phenoxy) is 3. The van der Waals surface area contributed by atoms with Crippen molar-refractivity contribution in [1.82, 2.24) is 10.1 Å². The first-order valence-electron chi connectivity index (χ1n) is 9.30. The summed E-state index contributed by atoms with van der Waals surface area (Å²) in [6.45, 7) is 1.37. The molecule has 0 fully saturated rings. The third-order valence-electron chi connectivity index (χ3n) is 4.26. The Labute approximate surface area is 184 Å². The van der Waals surface area contributed by atoms with E-state index in [1.54, 1.807) is 6.92 Å². The van der Waals surface area contributed by atoms with Crippen LogP contribution in [0.4, 0.5) is 18.9 Å². The number of alkyl halides is 3. The second-order valence-corrected chi connectivity index (χ2v) is 6.37. The first kappa shape index (κ1) is 23.5. The van der Waals surface area contributed by atoms with E-state index in [1.807, 2.05) is 0 Å². The molecule has 10 nitrogen and oxygen atoms in total. The molecule has 0 aliphatic heterocycles. The van der Waals surface area contributed by atoms with Crippen molar-refractivity contribution in [3.05, 3.63) is 63.5 Å². The number of hydrogen-bond donors (Lipinski definition) is 0. The number of halogens is 3. The number of benzene rings is 2. The van der Waals surface area contributed by atoms with Gasteiger partial charge in [0.05, 0.1) is 30.3 Å². The normalized spacial score (nSPS) is 11.2. The van der Waals surface area contributed by atoms with Gasteiger partial charge in [-0.1, -0.05) is 17.3 Å². The van der Waals surface area contributed by atoms with E-state index in [9.17, 15) is 28.1 Å². The summed E-state index contributed by atoms with van der Waals surface area (Å²) in [5.41, 5.74) is -1.53. The van der Waals surface area contributed by atoms with Gasteiger partial charge in [-0.3, -0.25) is 10.1 Å². The molecule has 3 aromatic rings. The number of esters is 1. The molecule has 0 unspecified atom stereocenters. The van der Waals surface area contributed by atoms with Crippen LogP contribution in [0, 0.1) is 10.1 Å². The summed E-state index contributed by atoms with van der Waals surface area (Å²) >= 11 is 0. The smallest absolute Gasteiger partial charge is 0.416 e. The van der Waals surface area contributed by atoms with Gasteiger partial charge in [-0.2, -0.15) is 18.2 Å². The summed E-state index contributed by atoms with van der Waals surface area (Å²) in [6, 6.07) is 6.23. The van der Waals surface area contributed by atoms with Crippen LogP contribution in [-0.2, 0) is 17.5 Å². The molecule has 1 heterocycles. The number of methoxy groups -OCH3 is 1. The Morgan fingerprint density at radius 2 is 1.88 bits per heavy atom. The molecule has 13 heteroatoms. The first-order valence-corrected chi connectivity index (χ1v) is 9.30. The van der Waals surface area contributed by atoms with E-state index < -0.39 is 34.9 Å². The van der Waals surface area contributed by atoms with Crippen LogP contribution in [0.3, 0.4) is 0 Å². The maximum atomic E-state index is 12.7. The summed E-state index contributed by atoms with van der Waals surface area (Å²) in [6.07, 6.45) is -4.48. The topological polar surface area (TPSA) is 127 Å². The van der Waals surface area contributed by atoms with E-state index in [-0.39, 0.29) is 40.9 Å². The van der Waals surface area contributed by atoms with Crippen LogP contribution in [-0.4, -0.2) is 34.7 Å².